The van der Waals surface area contributed by atoms with Gasteiger partial charge in [0.2, 0.25) is 0 Å². The summed E-state index contributed by atoms with van der Waals surface area (Å²) in [5.74, 6) is 0. The van der Waals surface area contributed by atoms with Gasteiger partial charge in [-0.25, -0.2) is 0 Å². The van der Waals surface area contributed by atoms with Gasteiger partial charge in [-0.05, 0) is 26.0 Å². The van der Waals surface area contributed by atoms with Gasteiger partial charge < -0.3 is 15.5 Å². The predicted molar refractivity (Wildman–Crippen MR) is 64.2 cm³/mol. The Balaban J connectivity index is 2.10. The van der Waals surface area contributed by atoms with E-state index in [1.165, 1.54) is 10.9 Å². The highest BCUT2D eigenvalue weighted by Gasteiger charge is 2.46. The predicted octanol–water partition coefficient (Wildman–Crippen LogP) is 2.18. The lowest BCUT2D eigenvalue weighted by molar-refractivity contribution is 0.457. The maximum Gasteiger partial charge on any atom is 0.134 e. The first kappa shape index (κ1) is 9.87. The van der Waals surface area contributed by atoms with Crippen LogP contribution in [0.2, 0.25) is 0 Å². The van der Waals surface area contributed by atoms with Gasteiger partial charge in [-0.3, -0.25) is 0 Å². The molecule has 0 amide bonds. The van der Waals surface area contributed by atoms with E-state index in [1.807, 2.05) is 31.5 Å². The lowest BCUT2D eigenvalue weighted by atomic mass is 9.97. The minimum atomic E-state index is -0.0819. The van der Waals surface area contributed by atoms with E-state index in [4.69, 9.17) is 10.2 Å². The summed E-state index contributed by atoms with van der Waals surface area (Å²) in [4.78, 5) is 0. The molecule has 3 rings (SSSR count). The Morgan fingerprint density at radius 2 is 2.12 bits per heavy atom. The van der Waals surface area contributed by atoms with E-state index in [9.17, 15) is 0 Å². The molecular weight excluding hydrogens is 200 g/mol. The van der Waals surface area contributed by atoms with E-state index in [2.05, 4.69) is 11.4 Å². The SMILES string of the molecule is CNC(c1coc2ccccc12)C1(N)CC1. The largest absolute Gasteiger partial charge is 0.464 e. The number of fused-ring (bicyclic) bond motifs is 1. The van der Waals surface area contributed by atoms with Crippen LogP contribution in [0.1, 0.15) is 24.4 Å². The van der Waals surface area contributed by atoms with E-state index in [1.54, 1.807) is 0 Å². The van der Waals surface area contributed by atoms with Gasteiger partial charge >= 0.3 is 0 Å². The summed E-state index contributed by atoms with van der Waals surface area (Å²) in [5, 5.41) is 4.48. The summed E-state index contributed by atoms with van der Waals surface area (Å²) in [5.41, 5.74) is 8.31. The third-order valence-corrected chi connectivity index (χ3v) is 3.51. The molecule has 0 radical (unpaired) electrons. The van der Waals surface area contributed by atoms with Crippen LogP contribution in [0.15, 0.2) is 34.9 Å². The summed E-state index contributed by atoms with van der Waals surface area (Å²) in [6, 6.07) is 8.28. The minimum Gasteiger partial charge on any atom is -0.464 e. The molecule has 0 spiro atoms. The Labute approximate surface area is 94.6 Å². The van der Waals surface area contributed by atoms with Crippen LogP contribution in [0.3, 0.4) is 0 Å². The standard InChI is InChI=1S/C13H16N2O/c1-15-12(13(14)6-7-13)10-8-16-11-5-3-2-4-9(10)11/h2-5,8,12,15H,6-7,14H2,1H3. The minimum absolute atomic E-state index is 0.0819. The van der Waals surface area contributed by atoms with Crippen LogP contribution in [-0.4, -0.2) is 12.6 Å². The summed E-state index contributed by atoms with van der Waals surface area (Å²) in [6.07, 6.45) is 3.99. The number of para-hydroxylation sites is 1. The van der Waals surface area contributed by atoms with Gasteiger partial charge in [0.15, 0.2) is 0 Å². The molecule has 0 saturated heterocycles. The number of hydrogen-bond acceptors (Lipinski definition) is 3. The van der Waals surface area contributed by atoms with Crippen molar-refractivity contribution in [2.75, 3.05) is 7.05 Å². The smallest absolute Gasteiger partial charge is 0.134 e. The quantitative estimate of drug-likeness (QED) is 0.826. The molecule has 1 aliphatic carbocycles. The fraction of sp³-hybridized carbons (Fsp3) is 0.385. The average molecular weight is 216 g/mol. The van der Waals surface area contributed by atoms with Crippen molar-refractivity contribution in [3.63, 3.8) is 0 Å². The van der Waals surface area contributed by atoms with Crippen molar-refractivity contribution >= 4 is 11.0 Å². The molecule has 2 aromatic rings. The second kappa shape index (κ2) is 3.34. The van der Waals surface area contributed by atoms with Crippen molar-refractivity contribution < 1.29 is 4.42 Å². The Morgan fingerprint density at radius 3 is 2.81 bits per heavy atom. The van der Waals surface area contributed by atoms with Crippen LogP contribution in [-0.2, 0) is 0 Å². The molecule has 1 saturated carbocycles. The summed E-state index contributed by atoms with van der Waals surface area (Å²) >= 11 is 0. The van der Waals surface area contributed by atoms with Gasteiger partial charge in [-0.2, -0.15) is 0 Å². The molecule has 1 heterocycles. The Morgan fingerprint density at radius 1 is 1.38 bits per heavy atom. The first-order valence-electron chi connectivity index (χ1n) is 5.67. The molecule has 1 aliphatic rings. The molecule has 3 heteroatoms. The molecule has 1 atom stereocenters. The zero-order valence-electron chi connectivity index (χ0n) is 9.36. The molecular formula is C13H16N2O. The van der Waals surface area contributed by atoms with Crippen molar-refractivity contribution in [1.29, 1.82) is 0 Å². The van der Waals surface area contributed by atoms with Crippen molar-refractivity contribution in [2.45, 2.75) is 24.4 Å². The lowest BCUT2D eigenvalue weighted by Gasteiger charge is -2.22. The Bertz CT molecular complexity index is 513. The first-order chi connectivity index (χ1) is 7.74. The number of hydrogen-bond donors (Lipinski definition) is 2. The Kier molecular flexibility index (Phi) is 2.06. The molecule has 16 heavy (non-hydrogen) atoms. The third-order valence-electron chi connectivity index (χ3n) is 3.51. The molecule has 1 unspecified atom stereocenters. The van der Waals surface area contributed by atoms with E-state index < -0.39 is 0 Å². The maximum absolute atomic E-state index is 6.28. The molecule has 1 aromatic carbocycles. The zero-order chi connectivity index (χ0) is 11.2. The number of furan rings is 1. The van der Waals surface area contributed by atoms with Crippen LogP contribution in [0.5, 0.6) is 0 Å². The second-order valence-electron chi connectivity index (χ2n) is 4.64. The number of likely N-dealkylation sites (N-methyl/N-ethyl adjacent to an activating group) is 1. The van der Waals surface area contributed by atoms with Gasteiger partial charge in [0, 0.05) is 16.5 Å². The number of nitrogens with two attached hydrogens (primary N) is 1. The molecule has 0 aliphatic heterocycles. The van der Waals surface area contributed by atoms with E-state index >= 15 is 0 Å². The second-order valence-corrected chi connectivity index (χ2v) is 4.64. The highest BCUT2D eigenvalue weighted by Crippen LogP contribution is 2.45. The normalized spacial score (nSPS) is 19.9. The maximum atomic E-state index is 6.28. The molecule has 1 aromatic heterocycles. The molecule has 0 bridgehead atoms. The van der Waals surface area contributed by atoms with Gasteiger partial charge in [0.1, 0.15) is 5.58 Å². The van der Waals surface area contributed by atoms with Gasteiger partial charge in [-0.15, -0.1) is 0 Å². The topological polar surface area (TPSA) is 51.2 Å². The van der Waals surface area contributed by atoms with Crippen molar-refractivity contribution in [2.24, 2.45) is 5.73 Å². The van der Waals surface area contributed by atoms with Gasteiger partial charge in [0.25, 0.3) is 0 Å². The van der Waals surface area contributed by atoms with Crippen LogP contribution in [0, 0.1) is 0 Å². The number of rotatable bonds is 3. The van der Waals surface area contributed by atoms with E-state index in [-0.39, 0.29) is 11.6 Å². The average Bonchev–Trinajstić information content (AvgIpc) is 2.91. The van der Waals surface area contributed by atoms with Crippen LogP contribution < -0.4 is 11.1 Å². The van der Waals surface area contributed by atoms with E-state index in [0.717, 1.165) is 18.4 Å². The molecule has 3 N–H and O–H groups in total. The lowest BCUT2D eigenvalue weighted by Crippen LogP contribution is -2.38. The highest BCUT2D eigenvalue weighted by atomic mass is 16.3. The van der Waals surface area contributed by atoms with Crippen LogP contribution >= 0.6 is 0 Å². The molecule has 84 valence electrons. The fourth-order valence-corrected chi connectivity index (χ4v) is 2.41. The zero-order valence-corrected chi connectivity index (χ0v) is 9.36. The fourth-order valence-electron chi connectivity index (χ4n) is 2.41. The van der Waals surface area contributed by atoms with Crippen molar-refractivity contribution in [1.82, 2.24) is 5.32 Å². The van der Waals surface area contributed by atoms with Gasteiger partial charge in [0.05, 0.1) is 12.3 Å². The summed E-state index contributed by atoms with van der Waals surface area (Å²) < 4.78 is 5.56. The van der Waals surface area contributed by atoms with Gasteiger partial charge in [-0.1, -0.05) is 18.2 Å². The van der Waals surface area contributed by atoms with Crippen molar-refractivity contribution in [3.8, 4) is 0 Å². The highest BCUT2D eigenvalue weighted by molar-refractivity contribution is 5.81. The number of benzene rings is 1. The summed E-state index contributed by atoms with van der Waals surface area (Å²) in [7, 11) is 1.96. The van der Waals surface area contributed by atoms with Crippen molar-refractivity contribution in [3.05, 3.63) is 36.1 Å². The molecule has 3 nitrogen and oxygen atoms in total. The number of nitrogens with one attached hydrogen (secondary N) is 1. The monoisotopic (exact) mass is 216 g/mol. The molecule has 1 fully saturated rings. The first-order valence-corrected chi connectivity index (χ1v) is 5.67. The third kappa shape index (κ3) is 1.36. The van der Waals surface area contributed by atoms with Crippen LogP contribution in [0.4, 0.5) is 0 Å². The summed E-state index contributed by atoms with van der Waals surface area (Å²) in [6.45, 7) is 0. The Hall–Kier alpha value is -1.32. The van der Waals surface area contributed by atoms with Crippen LogP contribution in [0.25, 0.3) is 11.0 Å². The van der Waals surface area contributed by atoms with E-state index in [0.29, 0.717) is 0 Å².